The molecule has 0 aliphatic carbocycles. The summed E-state index contributed by atoms with van der Waals surface area (Å²) in [6.45, 7) is 5.18. The Morgan fingerprint density at radius 3 is 1.89 bits per heavy atom. The molecule has 6 heteroatoms. The number of carbonyl (C=O) groups is 1. The number of aromatic nitrogens is 1. The van der Waals surface area contributed by atoms with Crippen LogP contribution in [0.25, 0.3) is 0 Å². The molecule has 0 N–H and O–H groups in total. The molecule has 5 nitrogen and oxygen atoms in total. The van der Waals surface area contributed by atoms with E-state index in [0.29, 0.717) is 5.69 Å². The molecular weight excluding hydrogens is 355 g/mol. The van der Waals surface area contributed by atoms with Crippen LogP contribution in [0.1, 0.15) is 36.2 Å². The molecule has 1 amide bonds. The van der Waals surface area contributed by atoms with Crippen LogP contribution >= 0.6 is 0 Å². The summed E-state index contributed by atoms with van der Waals surface area (Å²) >= 11 is 0. The van der Waals surface area contributed by atoms with Crippen molar-refractivity contribution in [1.82, 2.24) is 9.88 Å². The zero-order valence-corrected chi connectivity index (χ0v) is 16.2. The summed E-state index contributed by atoms with van der Waals surface area (Å²) in [4.78, 5) is 23.6. The molecule has 2 saturated heterocycles. The van der Waals surface area contributed by atoms with Crippen molar-refractivity contribution >= 4 is 17.3 Å². The molecule has 0 bridgehead atoms. The van der Waals surface area contributed by atoms with Crippen LogP contribution in [-0.4, -0.2) is 55.1 Å². The lowest BCUT2D eigenvalue weighted by Crippen LogP contribution is -2.46. The molecule has 0 radical (unpaired) electrons. The van der Waals surface area contributed by atoms with E-state index in [9.17, 15) is 9.18 Å². The Morgan fingerprint density at radius 1 is 0.750 bits per heavy atom. The molecule has 2 aliphatic rings. The number of benzene rings is 1. The number of hydrogen-bond donors (Lipinski definition) is 0. The summed E-state index contributed by atoms with van der Waals surface area (Å²) in [6, 6.07) is 10.5. The van der Waals surface area contributed by atoms with Gasteiger partial charge in [-0.2, -0.15) is 0 Å². The Balaban J connectivity index is 1.35. The first-order valence-electron chi connectivity index (χ1n) is 10.2. The number of rotatable bonds is 3. The lowest BCUT2D eigenvalue weighted by molar-refractivity contribution is 0.0756. The van der Waals surface area contributed by atoms with E-state index < -0.39 is 0 Å². The standard InChI is InChI=1S/C22H27FN4O/c23-18-5-7-19(8-6-18)25-13-15-26(16-14-25)20-9-10-21(24-17-20)22(28)27-11-3-1-2-4-12-27/h5-10,17H,1-4,11-16H2. The molecule has 2 fully saturated rings. The summed E-state index contributed by atoms with van der Waals surface area (Å²) in [5.41, 5.74) is 2.64. The van der Waals surface area contributed by atoms with Crippen molar-refractivity contribution in [2.24, 2.45) is 0 Å². The van der Waals surface area contributed by atoms with E-state index in [4.69, 9.17) is 0 Å². The number of halogens is 1. The second-order valence-electron chi connectivity index (χ2n) is 7.56. The van der Waals surface area contributed by atoms with E-state index >= 15 is 0 Å². The molecule has 1 aromatic carbocycles. The van der Waals surface area contributed by atoms with Gasteiger partial charge in [0.05, 0.1) is 11.9 Å². The molecule has 1 aromatic heterocycles. The number of likely N-dealkylation sites (tertiary alicyclic amines) is 1. The molecule has 4 rings (SSSR count). The van der Waals surface area contributed by atoms with Crippen LogP contribution in [0.5, 0.6) is 0 Å². The van der Waals surface area contributed by atoms with Crippen LogP contribution in [0.4, 0.5) is 15.8 Å². The Hall–Kier alpha value is -2.63. The fourth-order valence-corrected chi connectivity index (χ4v) is 4.01. The highest BCUT2D eigenvalue weighted by Gasteiger charge is 2.20. The quantitative estimate of drug-likeness (QED) is 0.814. The topological polar surface area (TPSA) is 39.7 Å². The number of pyridine rings is 1. The molecular formula is C22H27FN4O. The van der Waals surface area contributed by atoms with Gasteiger partial charge in [0.15, 0.2) is 0 Å². The lowest BCUT2D eigenvalue weighted by atomic mass is 10.2. The minimum absolute atomic E-state index is 0.0505. The lowest BCUT2D eigenvalue weighted by Gasteiger charge is -2.37. The largest absolute Gasteiger partial charge is 0.368 e. The van der Waals surface area contributed by atoms with Gasteiger partial charge in [-0.3, -0.25) is 4.79 Å². The van der Waals surface area contributed by atoms with Crippen molar-refractivity contribution in [3.05, 3.63) is 54.1 Å². The summed E-state index contributed by atoms with van der Waals surface area (Å²) in [5.74, 6) is -0.155. The number of piperazine rings is 1. The van der Waals surface area contributed by atoms with Crippen molar-refractivity contribution in [3.63, 3.8) is 0 Å². The van der Waals surface area contributed by atoms with Gasteiger partial charge in [-0.05, 0) is 49.2 Å². The smallest absolute Gasteiger partial charge is 0.272 e. The van der Waals surface area contributed by atoms with Gasteiger partial charge < -0.3 is 14.7 Å². The van der Waals surface area contributed by atoms with Crippen LogP contribution in [0.15, 0.2) is 42.6 Å². The number of amides is 1. The highest BCUT2D eigenvalue weighted by Crippen LogP contribution is 2.21. The molecule has 0 spiro atoms. The predicted molar refractivity (Wildman–Crippen MR) is 109 cm³/mol. The Labute approximate surface area is 165 Å². The van der Waals surface area contributed by atoms with Gasteiger partial charge in [0, 0.05) is 45.0 Å². The maximum Gasteiger partial charge on any atom is 0.272 e. The zero-order chi connectivity index (χ0) is 19.3. The van der Waals surface area contributed by atoms with E-state index in [1.807, 2.05) is 35.4 Å². The normalized spacial score (nSPS) is 18.1. The average Bonchev–Trinajstić information content (AvgIpc) is 3.04. The van der Waals surface area contributed by atoms with Crippen LogP contribution in [0, 0.1) is 5.82 Å². The average molecular weight is 382 g/mol. The van der Waals surface area contributed by atoms with Crippen molar-refractivity contribution in [1.29, 1.82) is 0 Å². The zero-order valence-electron chi connectivity index (χ0n) is 16.2. The third-order valence-electron chi connectivity index (χ3n) is 5.70. The van der Waals surface area contributed by atoms with Gasteiger partial charge in [0.2, 0.25) is 0 Å². The second kappa shape index (κ2) is 8.59. The molecule has 0 saturated carbocycles. The molecule has 3 heterocycles. The van der Waals surface area contributed by atoms with Crippen molar-refractivity contribution in [2.45, 2.75) is 25.7 Å². The Bertz CT molecular complexity index is 777. The summed E-state index contributed by atoms with van der Waals surface area (Å²) in [5, 5.41) is 0. The van der Waals surface area contributed by atoms with Crippen LogP contribution in [-0.2, 0) is 0 Å². The summed E-state index contributed by atoms with van der Waals surface area (Å²) in [7, 11) is 0. The molecule has 0 atom stereocenters. The minimum atomic E-state index is -0.205. The molecule has 2 aliphatic heterocycles. The van der Waals surface area contributed by atoms with Crippen molar-refractivity contribution < 1.29 is 9.18 Å². The first-order valence-corrected chi connectivity index (χ1v) is 10.2. The molecule has 28 heavy (non-hydrogen) atoms. The van der Waals surface area contributed by atoms with Crippen LogP contribution < -0.4 is 9.80 Å². The van der Waals surface area contributed by atoms with Crippen LogP contribution in [0.3, 0.4) is 0 Å². The van der Waals surface area contributed by atoms with Crippen molar-refractivity contribution in [3.8, 4) is 0 Å². The van der Waals surface area contributed by atoms with Crippen molar-refractivity contribution in [2.75, 3.05) is 49.1 Å². The van der Waals surface area contributed by atoms with E-state index in [1.165, 1.54) is 25.0 Å². The van der Waals surface area contributed by atoms with Gasteiger partial charge in [-0.15, -0.1) is 0 Å². The van der Waals surface area contributed by atoms with Gasteiger partial charge in [-0.1, -0.05) is 12.8 Å². The maximum absolute atomic E-state index is 13.1. The predicted octanol–water partition coefficient (Wildman–Crippen LogP) is 3.56. The van der Waals surface area contributed by atoms with Crippen LogP contribution in [0.2, 0.25) is 0 Å². The van der Waals surface area contributed by atoms with E-state index in [1.54, 1.807) is 0 Å². The minimum Gasteiger partial charge on any atom is -0.368 e. The monoisotopic (exact) mass is 382 g/mol. The fraction of sp³-hybridized carbons (Fsp3) is 0.455. The Kier molecular flexibility index (Phi) is 5.74. The number of hydrogen-bond acceptors (Lipinski definition) is 4. The van der Waals surface area contributed by atoms with E-state index in [0.717, 1.165) is 63.5 Å². The van der Waals surface area contributed by atoms with Gasteiger partial charge >= 0.3 is 0 Å². The fourth-order valence-electron chi connectivity index (χ4n) is 4.01. The SMILES string of the molecule is O=C(c1ccc(N2CCN(c3ccc(F)cc3)CC2)cn1)N1CCCCCC1. The third-order valence-corrected chi connectivity index (χ3v) is 5.70. The van der Waals surface area contributed by atoms with Gasteiger partial charge in [0.1, 0.15) is 11.5 Å². The van der Waals surface area contributed by atoms with E-state index in [-0.39, 0.29) is 11.7 Å². The first-order chi connectivity index (χ1) is 13.7. The highest BCUT2D eigenvalue weighted by atomic mass is 19.1. The Morgan fingerprint density at radius 2 is 1.32 bits per heavy atom. The number of anilines is 2. The third kappa shape index (κ3) is 4.26. The first kappa shape index (κ1) is 18.7. The summed E-state index contributed by atoms with van der Waals surface area (Å²) < 4.78 is 13.1. The number of carbonyl (C=O) groups excluding carboxylic acids is 1. The number of nitrogens with zero attached hydrogens (tertiary/aromatic N) is 4. The maximum atomic E-state index is 13.1. The summed E-state index contributed by atoms with van der Waals surface area (Å²) in [6.07, 6.45) is 6.41. The molecule has 148 valence electrons. The van der Waals surface area contributed by atoms with Gasteiger partial charge in [-0.25, -0.2) is 9.37 Å². The second-order valence-corrected chi connectivity index (χ2v) is 7.56. The molecule has 2 aromatic rings. The highest BCUT2D eigenvalue weighted by molar-refractivity contribution is 5.92. The molecule has 0 unspecified atom stereocenters. The van der Waals surface area contributed by atoms with Gasteiger partial charge in [0.25, 0.3) is 5.91 Å². The van der Waals surface area contributed by atoms with E-state index in [2.05, 4.69) is 14.8 Å².